The highest BCUT2D eigenvalue weighted by Gasteiger charge is 2.67. The van der Waals surface area contributed by atoms with E-state index in [0.29, 0.717) is 21.6 Å². The Morgan fingerprint density at radius 2 is 1.87 bits per heavy atom. The number of thioether (sulfide) groups is 1. The van der Waals surface area contributed by atoms with Crippen molar-refractivity contribution in [1.82, 2.24) is 15.2 Å². The molecule has 0 amide bonds. The lowest BCUT2D eigenvalue weighted by Crippen LogP contribution is -2.38. The van der Waals surface area contributed by atoms with Gasteiger partial charge in [-0.05, 0) is 32.9 Å². The summed E-state index contributed by atoms with van der Waals surface area (Å²) in [7, 11) is 0. The quantitative estimate of drug-likeness (QED) is 0.420. The second-order valence-corrected chi connectivity index (χ2v) is 9.71. The van der Waals surface area contributed by atoms with Gasteiger partial charge in [-0.25, -0.2) is 4.98 Å². The van der Waals surface area contributed by atoms with E-state index in [-0.39, 0.29) is 24.4 Å². The Hall–Kier alpha value is -2.39. The highest BCUT2D eigenvalue weighted by Crippen LogP contribution is 2.52. The van der Waals surface area contributed by atoms with Crippen molar-refractivity contribution in [2.45, 2.75) is 50.0 Å². The minimum Gasteiger partial charge on any atom is -0.459 e. The molecule has 0 unspecified atom stereocenters. The molecule has 158 valence electrons. The maximum atomic E-state index is 12.9. The molecule has 8 nitrogen and oxygen atoms in total. The number of esters is 2. The van der Waals surface area contributed by atoms with Crippen LogP contribution in [-0.2, 0) is 23.9 Å². The highest BCUT2D eigenvalue weighted by atomic mass is 35.5. The molecule has 1 spiro atoms. The monoisotopic (exact) mass is 449 g/mol. The van der Waals surface area contributed by atoms with Crippen molar-refractivity contribution in [3.63, 3.8) is 0 Å². The number of aromatic nitrogens is 3. The fraction of sp³-hybridized carbons (Fsp3) is 0.450. The smallest absolute Gasteiger partial charge is 0.324 e. The van der Waals surface area contributed by atoms with Crippen LogP contribution >= 0.6 is 23.4 Å². The molecule has 0 bridgehead atoms. The Morgan fingerprint density at radius 3 is 2.53 bits per heavy atom. The van der Waals surface area contributed by atoms with Crippen LogP contribution in [0, 0.1) is 5.41 Å². The maximum absolute atomic E-state index is 12.9. The average Bonchev–Trinajstić information content (AvgIpc) is 3.29. The topological polar surface area (TPSA) is 111 Å². The number of ether oxygens (including phenoxy) is 2. The number of hydrogen-bond donors (Lipinski definition) is 1. The van der Waals surface area contributed by atoms with E-state index in [0.717, 1.165) is 11.8 Å². The van der Waals surface area contributed by atoms with Crippen molar-refractivity contribution in [2.75, 3.05) is 5.75 Å². The van der Waals surface area contributed by atoms with Gasteiger partial charge in [-0.2, -0.15) is 0 Å². The van der Waals surface area contributed by atoms with Crippen LogP contribution in [0.15, 0.2) is 29.4 Å². The number of nitrogens with one attached hydrogen (secondary N) is 1. The second-order valence-electron chi connectivity index (χ2n) is 8.36. The van der Waals surface area contributed by atoms with Gasteiger partial charge in [0.2, 0.25) is 5.16 Å². The van der Waals surface area contributed by atoms with Crippen molar-refractivity contribution in [1.29, 1.82) is 0 Å². The van der Waals surface area contributed by atoms with Gasteiger partial charge in [-0.3, -0.25) is 19.5 Å². The third-order valence-electron chi connectivity index (χ3n) is 5.35. The predicted molar refractivity (Wildman–Crippen MR) is 109 cm³/mol. The molecular weight excluding hydrogens is 430 g/mol. The lowest BCUT2D eigenvalue weighted by Gasteiger charge is -2.21. The van der Waals surface area contributed by atoms with Crippen molar-refractivity contribution in [3.8, 4) is 11.4 Å². The first kappa shape index (κ1) is 20.9. The second kappa shape index (κ2) is 7.09. The summed E-state index contributed by atoms with van der Waals surface area (Å²) in [6.07, 6.45) is 0.162. The van der Waals surface area contributed by atoms with E-state index < -0.39 is 28.6 Å². The van der Waals surface area contributed by atoms with Crippen LogP contribution in [0.2, 0.25) is 5.02 Å². The standard InChI is InChI=1S/C20H20ClN3O5S/c1-18(2)9-20(15(26)28-18)10-19(3,29-16(20)27)13(25)8-30-17-22-14(23-24-17)11-6-4-5-7-12(11)21/h4-7H,8-10H2,1-3H3,(H,22,23,24)/t19-,20+/m0/s1. The molecule has 2 fully saturated rings. The Bertz CT molecular complexity index is 1050. The van der Waals surface area contributed by atoms with E-state index in [1.54, 1.807) is 19.9 Å². The lowest BCUT2D eigenvalue weighted by molar-refractivity contribution is -0.162. The van der Waals surface area contributed by atoms with E-state index in [9.17, 15) is 14.4 Å². The van der Waals surface area contributed by atoms with Crippen LogP contribution in [0.3, 0.4) is 0 Å². The molecule has 0 aliphatic carbocycles. The highest BCUT2D eigenvalue weighted by molar-refractivity contribution is 7.99. The van der Waals surface area contributed by atoms with Crippen LogP contribution in [-0.4, -0.2) is 49.9 Å². The van der Waals surface area contributed by atoms with Gasteiger partial charge in [-0.1, -0.05) is 35.5 Å². The first-order valence-corrected chi connectivity index (χ1v) is 10.7. The Balaban J connectivity index is 1.45. The van der Waals surface area contributed by atoms with Gasteiger partial charge in [0.05, 0.1) is 10.8 Å². The van der Waals surface area contributed by atoms with Crippen LogP contribution in [0.25, 0.3) is 11.4 Å². The molecule has 1 N–H and O–H groups in total. The molecule has 2 atom stereocenters. The first-order chi connectivity index (χ1) is 14.0. The SMILES string of the molecule is CC1(C)C[C@@]2(C[C@@](C)(C(=O)CSc3n[nH]c(-c4ccccc4Cl)n3)OC2=O)C(=O)O1. The number of nitrogens with zero attached hydrogens (tertiary/aromatic N) is 2. The van der Waals surface area contributed by atoms with E-state index in [4.69, 9.17) is 21.1 Å². The molecule has 2 aliphatic rings. The molecule has 3 heterocycles. The number of carbonyl (C=O) groups is 3. The zero-order valence-corrected chi connectivity index (χ0v) is 18.2. The average molecular weight is 450 g/mol. The number of ketones is 1. The molecular formula is C20H20ClN3O5S. The van der Waals surface area contributed by atoms with E-state index in [1.165, 1.54) is 6.92 Å². The summed E-state index contributed by atoms with van der Waals surface area (Å²) in [5.41, 5.74) is -2.88. The van der Waals surface area contributed by atoms with Gasteiger partial charge in [0.1, 0.15) is 5.60 Å². The Morgan fingerprint density at radius 1 is 1.17 bits per heavy atom. The third-order valence-corrected chi connectivity index (χ3v) is 6.53. The van der Waals surface area contributed by atoms with Gasteiger partial charge in [0.15, 0.2) is 22.6 Å². The number of cyclic esters (lactones) is 2. The van der Waals surface area contributed by atoms with Crippen LogP contribution in [0.5, 0.6) is 0 Å². The number of Topliss-reactive ketones (excluding diaryl/α,β-unsaturated/α-hetero) is 1. The largest absolute Gasteiger partial charge is 0.459 e. The molecule has 4 rings (SSSR count). The fourth-order valence-electron chi connectivity index (χ4n) is 3.98. The van der Waals surface area contributed by atoms with E-state index >= 15 is 0 Å². The molecule has 1 aromatic carbocycles. The van der Waals surface area contributed by atoms with Gasteiger partial charge >= 0.3 is 11.9 Å². The summed E-state index contributed by atoms with van der Waals surface area (Å²) in [6, 6.07) is 7.20. The predicted octanol–water partition coefficient (Wildman–Crippen LogP) is 3.20. The first-order valence-electron chi connectivity index (χ1n) is 9.35. The minimum absolute atomic E-state index is 0.0158. The minimum atomic E-state index is -1.42. The van der Waals surface area contributed by atoms with Gasteiger partial charge in [-0.15, -0.1) is 5.10 Å². The van der Waals surface area contributed by atoms with Gasteiger partial charge in [0, 0.05) is 18.4 Å². The normalized spacial score (nSPS) is 27.3. The molecule has 2 saturated heterocycles. The van der Waals surface area contributed by atoms with Crippen molar-refractivity contribution in [2.24, 2.45) is 5.41 Å². The molecule has 10 heteroatoms. The summed E-state index contributed by atoms with van der Waals surface area (Å²) >= 11 is 7.28. The van der Waals surface area contributed by atoms with E-state index in [2.05, 4.69) is 15.2 Å². The number of H-pyrrole nitrogens is 1. The molecule has 0 radical (unpaired) electrons. The lowest BCUT2D eigenvalue weighted by atomic mass is 9.75. The number of hydrogen-bond acceptors (Lipinski definition) is 8. The van der Waals surface area contributed by atoms with Crippen LogP contribution in [0.4, 0.5) is 0 Å². The van der Waals surface area contributed by atoms with Crippen molar-refractivity contribution < 1.29 is 23.9 Å². The fourth-order valence-corrected chi connectivity index (χ4v) is 5.04. The van der Waals surface area contributed by atoms with Gasteiger partial charge < -0.3 is 9.47 Å². The Labute approximate surface area is 182 Å². The number of rotatable bonds is 5. The summed E-state index contributed by atoms with van der Waals surface area (Å²) in [6.45, 7) is 5.01. The van der Waals surface area contributed by atoms with Crippen molar-refractivity contribution >= 4 is 41.1 Å². The van der Waals surface area contributed by atoms with Crippen LogP contribution < -0.4 is 0 Å². The number of benzene rings is 1. The molecule has 2 aliphatic heterocycles. The summed E-state index contributed by atoms with van der Waals surface area (Å²) in [4.78, 5) is 42.2. The molecule has 0 saturated carbocycles. The maximum Gasteiger partial charge on any atom is 0.324 e. The number of aromatic amines is 1. The Kier molecular flexibility index (Phi) is 4.93. The number of halogens is 1. The summed E-state index contributed by atoms with van der Waals surface area (Å²) < 4.78 is 10.7. The molecule has 2 aromatic rings. The zero-order valence-electron chi connectivity index (χ0n) is 16.7. The summed E-state index contributed by atoms with van der Waals surface area (Å²) in [5, 5.41) is 7.80. The van der Waals surface area contributed by atoms with Crippen molar-refractivity contribution in [3.05, 3.63) is 29.3 Å². The van der Waals surface area contributed by atoms with E-state index in [1.807, 2.05) is 18.2 Å². The van der Waals surface area contributed by atoms with Crippen LogP contribution in [0.1, 0.15) is 33.6 Å². The molecule has 30 heavy (non-hydrogen) atoms. The number of carbonyl (C=O) groups excluding carboxylic acids is 3. The summed E-state index contributed by atoms with van der Waals surface area (Å²) in [5.74, 6) is -1.17. The van der Waals surface area contributed by atoms with Gasteiger partial charge in [0.25, 0.3) is 0 Å². The molecule has 1 aromatic heterocycles. The zero-order chi connectivity index (χ0) is 21.7. The third kappa shape index (κ3) is 3.50.